The summed E-state index contributed by atoms with van der Waals surface area (Å²) in [5, 5.41) is 28.9. The second-order valence-corrected chi connectivity index (χ2v) is 5.41. The van der Waals surface area contributed by atoms with Crippen LogP contribution in [0.25, 0.3) is 5.65 Å². The summed E-state index contributed by atoms with van der Waals surface area (Å²) < 4.78 is 7.07. The van der Waals surface area contributed by atoms with Crippen molar-refractivity contribution in [3.05, 3.63) is 44.9 Å². The molecule has 3 rings (SSSR count). The van der Waals surface area contributed by atoms with Gasteiger partial charge in [-0.3, -0.25) is 9.36 Å². The SMILES string of the molecule is O=c1cc(CCl)nc2ccn([C@@H]3O[C@H](CO)[C@@H](O)[C@H]3O)c(=O)n12. The second kappa shape index (κ2) is 6.02. The molecule has 3 heterocycles. The first-order chi connectivity index (χ1) is 11.0. The number of aliphatic hydroxyl groups excluding tert-OH is 3. The fraction of sp³-hybridized carbons (Fsp3) is 0.462. The number of nitrogens with zero attached hydrogens (tertiary/aromatic N) is 3. The highest BCUT2D eigenvalue weighted by molar-refractivity contribution is 6.16. The molecule has 4 atom stereocenters. The third-order valence-corrected chi connectivity index (χ3v) is 4.00. The summed E-state index contributed by atoms with van der Waals surface area (Å²) in [4.78, 5) is 28.6. The molecule has 2 aromatic heterocycles. The molecule has 0 bridgehead atoms. The topological polar surface area (TPSA) is 126 Å². The largest absolute Gasteiger partial charge is 0.394 e. The predicted molar refractivity (Wildman–Crippen MR) is 78.3 cm³/mol. The van der Waals surface area contributed by atoms with Gasteiger partial charge in [0.25, 0.3) is 5.56 Å². The van der Waals surface area contributed by atoms with Gasteiger partial charge in [0.2, 0.25) is 0 Å². The van der Waals surface area contributed by atoms with E-state index in [1.54, 1.807) is 0 Å². The van der Waals surface area contributed by atoms with Gasteiger partial charge in [0.15, 0.2) is 6.23 Å². The maximum absolute atomic E-state index is 12.5. The quantitative estimate of drug-likeness (QED) is 0.562. The van der Waals surface area contributed by atoms with Crippen LogP contribution in [0.2, 0.25) is 0 Å². The number of fused-ring (bicyclic) bond motifs is 1. The van der Waals surface area contributed by atoms with Crippen molar-refractivity contribution < 1.29 is 20.1 Å². The van der Waals surface area contributed by atoms with Crippen molar-refractivity contribution in [3.63, 3.8) is 0 Å². The lowest BCUT2D eigenvalue weighted by Gasteiger charge is -2.18. The number of hydrogen-bond acceptors (Lipinski definition) is 7. The minimum atomic E-state index is -1.42. The number of hydrogen-bond donors (Lipinski definition) is 3. The molecule has 10 heteroatoms. The zero-order chi connectivity index (χ0) is 16.7. The van der Waals surface area contributed by atoms with Crippen molar-refractivity contribution in [2.45, 2.75) is 30.4 Å². The molecule has 2 aromatic rings. The van der Waals surface area contributed by atoms with Crippen LogP contribution in [0.4, 0.5) is 0 Å². The zero-order valence-corrected chi connectivity index (χ0v) is 12.5. The Bertz CT molecular complexity index is 850. The molecule has 0 amide bonds. The van der Waals surface area contributed by atoms with E-state index >= 15 is 0 Å². The maximum atomic E-state index is 12.5. The van der Waals surface area contributed by atoms with Crippen LogP contribution in [-0.4, -0.2) is 54.2 Å². The lowest BCUT2D eigenvalue weighted by molar-refractivity contribution is -0.0551. The second-order valence-electron chi connectivity index (χ2n) is 5.15. The molecular formula is C13H14ClN3O6. The monoisotopic (exact) mass is 343 g/mol. The summed E-state index contributed by atoms with van der Waals surface area (Å²) in [6.07, 6.45) is -3.72. The summed E-state index contributed by atoms with van der Waals surface area (Å²) in [7, 11) is 0. The van der Waals surface area contributed by atoms with Crippen LogP contribution in [0.5, 0.6) is 0 Å². The minimum Gasteiger partial charge on any atom is -0.394 e. The van der Waals surface area contributed by atoms with E-state index in [1.807, 2.05) is 0 Å². The van der Waals surface area contributed by atoms with E-state index < -0.39 is 42.4 Å². The molecule has 0 aliphatic carbocycles. The average Bonchev–Trinajstić information content (AvgIpc) is 2.82. The number of ether oxygens (including phenoxy) is 1. The Morgan fingerprint density at radius 2 is 2.04 bits per heavy atom. The van der Waals surface area contributed by atoms with Crippen molar-refractivity contribution >= 4 is 17.2 Å². The molecular weight excluding hydrogens is 330 g/mol. The minimum absolute atomic E-state index is 0.0314. The number of aliphatic hydroxyl groups is 3. The lowest BCUT2D eigenvalue weighted by Crippen LogP contribution is -2.40. The van der Waals surface area contributed by atoms with Crippen molar-refractivity contribution in [1.82, 2.24) is 14.0 Å². The summed E-state index contributed by atoms with van der Waals surface area (Å²) in [5.74, 6) is 0.0314. The molecule has 0 unspecified atom stereocenters. The van der Waals surface area contributed by atoms with Crippen LogP contribution >= 0.6 is 11.6 Å². The molecule has 9 nitrogen and oxygen atoms in total. The summed E-state index contributed by atoms with van der Waals surface area (Å²) in [6.45, 7) is -0.516. The van der Waals surface area contributed by atoms with Crippen LogP contribution < -0.4 is 11.2 Å². The average molecular weight is 344 g/mol. The van der Waals surface area contributed by atoms with E-state index in [1.165, 1.54) is 12.3 Å². The van der Waals surface area contributed by atoms with Gasteiger partial charge < -0.3 is 20.1 Å². The molecule has 0 aromatic carbocycles. The van der Waals surface area contributed by atoms with E-state index in [9.17, 15) is 19.8 Å². The van der Waals surface area contributed by atoms with Crippen molar-refractivity contribution in [3.8, 4) is 0 Å². The summed E-state index contributed by atoms with van der Waals surface area (Å²) in [5.41, 5.74) is -0.949. The Morgan fingerprint density at radius 3 is 2.65 bits per heavy atom. The summed E-state index contributed by atoms with van der Waals surface area (Å²) in [6, 6.07) is 2.54. The fourth-order valence-corrected chi connectivity index (χ4v) is 2.69. The first-order valence-corrected chi connectivity index (χ1v) is 7.33. The Labute approximate surface area is 134 Å². The van der Waals surface area contributed by atoms with Crippen molar-refractivity contribution in [2.75, 3.05) is 6.61 Å². The third kappa shape index (κ3) is 2.56. The molecule has 23 heavy (non-hydrogen) atoms. The van der Waals surface area contributed by atoms with Crippen LogP contribution in [0.15, 0.2) is 27.9 Å². The molecule has 0 radical (unpaired) electrons. The summed E-state index contributed by atoms with van der Waals surface area (Å²) >= 11 is 5.64. The number of aromatic nitrogens is 3. The van der Waals surface area contributed by atoms with Gasteiger partial charge in [-0.25, -0.2) is 14.2 Å². The maximum Gasteiger partial charge on any atom is 0.339 e. The smallest absolute Gasteiger partial charge is 0.339 e. The Morgan fingerprint density at radius 1 is 1.30 bits per heavy atom. The lowest BCUT2D eigenvalue weighted by atomic mass is 10.1. The first kappa shape index (κ1) is 16.1. The normalized spacial score (nSPS) is 27.7. The van der Waals surface area contributed by atoms with Crippen molar-refractivity contribution in [2.24, 2.45) is 0 Å². The number of halogens is 1. The number of rotatable bonds is 3. The van der Waals surface area contributed by atoms with E-state index in [0.29, 0.717) is 5.69 Å². The highest BCUT2D eigenvalue weighted by Gasteiger charge is 2.43. The third-order valence-electron chi connectivity index (χ3n) is 3.72. The van der Waals surface area contributed by atoms with Gasteiger partial charge in [-0.05, 0) is 6.07 Å². The first-order valence-electron chi connectivity index (χ1n) is 6.80. The van der Waals surface area contributed by atoms with E-state index in [2.05, 4.69) is 4.98 Å². The van der Waals surface area contributed by atoms with E-state index in [4.69, 9.17) is 21.4 Å². The van der Waals surface area contributed by atoms with Gasteiger partial charge in [0, 0.05) is 12.3 Å². The highest BCUT2D eigenvalue weighted by Crippen LogP contribution is 2.27. The Balaban J connectivity index is 2.14. The zero-order valence-electron chi connectivity index (χ0n) is 11.7. The van der Waals surface area contributed by atoms with Crippen molar-refractivity contribution in [1.29, 1.82) is 0 Å². The molecule has 1 aliphatic rings. The van der Waals surface area contributed by atoms with Gasteiger partial charge in [-0.15, -0.1) is 11.6 Å². The fourth-order valence-electron chi connectivity index (χ4n) is 2.55. The molecule has 0 saturated carbocycles. The van der Waals surface area contributed by atoms with Gasteiger partial charge in [0.1, 0.15) is 24.0 Å². The predicted octanol–water partition coefficient (Wildman–Crippen LogP) is -1.79. The molecule has 0 spiro atoms. The van der Waals surface area contributed by atoms with Crippen LogP contribution in [0.3, 0.4) is 0 Å². The van der Waals surface area contributed by atoms with Gasteiger partial charge in [-0.1, -0.05) is 0 Å². The van der Waals surface area contributed by atoms with E-state index in [0.717, 1.165) is 15.0 Å². The van der Waals surface area contributed by atoms with Crippen LogP contribution in [-0.2, 0) is 10.6 Å². The molecule has 3 N–H and O–H groups in total. The molecule has 124 valence electrons. The highest BCUT2D eigenvalue weighted by atomic mass is 35.5. The Hall–Kier alpha value is -1.78. The van der Waals surface area contributed by atoms with Gasteiger partial charge in [0.05, 0.1) is 18.2 Å². The number of alkyl halides is 1. The molecule has 1 aliphatic heterocycles. The van der Waals surface area contributed by atoms with Gasteiger partial charge >= 0.3 is 5.69 Å². The molecule has 1 saturated heterocycles. The van der Waals surface area contributed by atoms with Gasteiger partial charge in [-0.2, -0.15) is 0 Å². The van der Waals surface area contributed by atoms with E-state index in [-0.39, 0.29) is 11.5 Å². The standard InChI is InChI=1S/C13H14ClN3O6/c14-4-6-3-9(19)17-8(15-6)1-2-16(13(17)22)12-11(21)10(20)7(5-18)23-12/h1-3,7,10-12,18,20-21H,4-5H2/t7-,10-,11-,12-/m1/s1. The van der Waals surface area contributed by atoms with Crippen LogP contribution in [0, 0.1) is 0 Å². The Kier molecular flexibility index (Phi) is 4.21. The molecule has 1 fully saturated rings. The van der Waals surface area contributed by atoms with Crippen LogP contribution in [0.1, 0.15) is 11.9 Å².